The van der Waals surface area contributed by atoms with Crippen LogP contribution < -0.4 is 27.1 Å². The number of rotatable bonds is 5. The Kier molecular flexibility index (Phi) is 7.56. The molecule has 0 aliphatic heterocycles. The summed E-state index contributed by atoms with van der Waals surface area (Å²) in [7, 11) is 1.59. The van der Waals surface area contributed by atoms with Crippen LogP contribution in [0.1, 0.15) is 5.56 Å². The lowest BCUT2D eigenvalue weighted by Gasteiger charge is -2.04. The molecule has 116 valence electrons. The highest BCUT2D eigenvalue weighted by Crippen LogP contribution is 2.21. The summed E-state index contributed by atoms with van der Waals surface area (Å²) in [5, 5.41) is 3.95. The minimum atomic E-state index is -0.198. The monoisotopic (exact) mass is 383 g/mol. The van der Waals surface area contributed by atoms with Crippen LogP contribution in [0.3, 0.4) is 0 Å². The number of benzene rings is 1. The second-order valence-electron chi connectivity index (χ2n) is 4.23. The second-order valence-corrected chi connectivity index (χ2v) is 5.14. The van der Waals surface area contributed by atoms with Gasteiger partial charge in [-0.2, -0.15) is 9.67 Å². The number of nitrogens with one attached hydrogen (secondary N) is 1. The maximum atomic E-state index is 11.7. The molecule has 22 heavy (non-hydrogen) atoms. The van der Waals surface area contributed by atoms with Gasteiger partial charge in [0.25, 0.3) is 0 Å². The molecule has 1 heterocycles. The molecule has 0 fully saturated rings. The van der Waals surface area contributed by atoms with E-state index in [1.807, 2.05) is 48.8 Å². The SMILES string of the molecule is COc1ccc(Br)cc1/C=N/NC(=O)C[n+]1ccccc1.[Cl-]. The van der Waals surface area contributed by atoms with Crippen molar-refractivity contribution in [2.75, 3.05) is 7.11 Å². The summed E-state index contributed by atoms with van der Waals surface area (Å²) >= 11 is 3.38. The van der Waals surface area contributed by atoms with E-state index in [0.717, 1.165) is 10.0 Å². The maximum absolute atomic E-state index is 11.7. The van der Waals surface area contributed by atoms with Crippen LogP contribution in [0.4, 0.5) is 0 Å². The van der Waals surface area contributed by atoms with Gasteiger partial charge in [-0.05, 0) is 18.2 Å². The minimum Gasteiger partial charge on any atom is -1.00 e. The summed E-state index contributed by atoms with van der Waals surface area (Å²) in [6.07, 6.45) is 5.19. The van der Waals surface area contributed by atoms with Crippen LogP contribution in [-0.4, -0.2) is 19.2 Å². The standard InChI is InChI=1S/C15H14BrN3O2.ClH/c1-21-14-6-5-13(16)9-12(14)10-17-18-15(20)11-19-7-3-2-4-8-19;/h2-10H,11H2,1H3;1H/b17-10+;. The Morgan fingerprint density at radius 2 is 2.09 bits per heavy atom. The fourth-order valence-electron chi connectivity index (χ4n) is 1.72. The Morgan fingerprint density at radius 3 is 2.77 bits per heavy atom. The van der Waals surface area contributed by atoms with Crippen LogP contribution in [0.25, 0.3) is 0 Å². The van der Waals surface area contributed by atoms with Gasteiger partial charge in [0.1, 0.15) is 5.75 Å². The van der Waals surface area contributed by atoms with Crippen LogP contribution in [-0.2, 0) is 11.3 Å². The largest absolute Gasteiger partial charge is 1.00 e. The molecule has 2 aromatic rings. The van der Waals surface area contributed by atoms with Gasteiger partial charge in [-0.15, -0.1) is 0 Å². The van der Waals surface area contributed by atoms with E-state index >= 15 is 0 Å². The Morgan fingerprint density at radius 1 is 1.36 bits per heavy atom. The number of nitrogens with zero attached hydrogens (tertiary/aromatic N) is 2. The average molecular weight is 385 g/mol. The van der Waals surface area contributed by atoms with Gasteiger partial charge < -0.3 is 17.1 Å². The van der Waals surface area contributed by atoms with Gasteiger partial charge in [-0.3, -0.25) is 4.79 Å². The van der Waals surface area contributed by atoms with Crippen molar-refractivity contribution >= 4 is 28.1 Å². The molecule has 5 nitrogen and oxygen atoms in total. The normalized spacial score (nSPS) is 10.1. The number of hydrogen-bond acceptors (Lipinski definition) is 3. The predicted molar refractivity (Wildman–Crippen MR) is 83.1 cm³/mol. The zero-order chi connectivity index (χ0) is 15.1. The Labute approximate surface area is 143 Å². The van der Waals surface area contributed by atoms with E-state index in [1.165, 1.54) is 0 Å². The first kappa shape index (κ1) is 18.1. The Bertz CT molecular complexity index is 650. The predicted octanol–water partition coefficient (Wildman–Crippen LogP) is -1.10. The lowest BCUT2D eigenvalue weighted by atomic mass is 10.2. The smallest absolute Gasteiger partial charge is 0.305 e. The third kappa shape index (κ3) is 5.46. The number of carbonyl (C=O) groups is 1. The molecular formula is C15H15BrClN3O2. The van der Waals surface area contributed by atoms with Crippen LogP contribution in [0.15, 0.2) is 58.4 Å². The first-order valence-electron chi connectivity index (χ1n) is 6.28. The maximum Gasteiger partial charge on any atom is 0.305 e. The molecule has 1 aromatic carbocycles. The van der Waals surface area contributed by atoms with Crippen molar-refractivity contribution < 1.29 is 26.5 Å². The number of aromatic nitrogens is 1. The first-order chi connectivity index (χ1) is 10.2. The molecule has 1 amide bonds. The van der Waals surface area contributed by atoms with E-state index in [2.05, 4.69) is 26.5 Å². The van der Waals surface area contributed by atoms with E-state index in [0.29, 0.717) is 5.75 Å². The molecule has 0 atom stereocenters. The third-order valence-corrected chi connectivity index (χ3v) is 3.18. The van der Waals surface area contributed by atoms with Crippen LogP contribution in [0.2, 0.25) is 0 Å². The molecule has 1 aromatic heterocycles. The number of pyridine rings is 1. The molecule has 0 saturated heterocycles. The molecule has 0 unspecified atom stereocenters. The molecule has 0 radical (unpaired) electrons. The highest BCUT2D eigenvalue weighted by atomic mass is 79.9. The van der Waals surface area contributed by atoms with E-state index in [1.54, 1.807) is 17.9 Å². The van der Waals surface area contributed by atoms with Crippen molar-refractivity contribution in [1.29, 1.82) is 0 Å². The van der Waals surface area contributed by atoms with Crippen molar-refractivity contribution in [2.24, 2.45) is 5.10 Å². The number of ether oxygens (including phenoxy) is 1. The molecule has 1 N–H and O–H groups in total. The van der Waals surface area contributed by atoms with E-state index < -0.39 is 0 Å². The van der Waals surface area contributed by atoms with Gasteiger partial charge in [0.2, 0.25) is 6.54 Å². The molecular weight excluding hydrogens is 370 g/mol. The lowest BCUT2D eigenvalue weighted by molar-refractivity contribution is -0.684. The fourth-order valence-corrected chi connectivity index (χ4v) is 2.10. The summed E-state index contributed by atoms with van der Waals surface area (Å²) in [5.41, 5.74) is 3.27. The van der Waals surface area contributed by atoms with Crippen molar-refractivity contribution in [1.82, 2.24) is 5.43 Å². The van der Waals surface area contributed by atoms with E-state index in [9.17, 15) is 4.79 Å². The quantitative estimate of drug-likeness (QED) is 0.404. The van der Waals surface area contributed by atoms with Gasteiger partial charge in [0, 0.05) is 22.2 Å². The number of hydrazone groups is 1. The van der Waals surface area contributed by atoms with Crippen molar-refractivity contribution in [3.05, 3.63) is 58.8 Å². The summed E-state index contributed by atoms with van der Waals surface area (Å²) in [5.74, 6) is 0.491. The molecule has 7 heteroatoms. The third-order valence-electron chi connectivity index (χ3n) is 2.69. The number of carbonyl (C=O) groups excluding carboxylic acids is 1. The van der Waals surface area contributed by atoms with Crippen LogP contribution >= 0.6 is 15.9 Å². The molecule has 0 aliphatic rings. The molecule has 0 bridgehead atoms. The van der Waals surface area contributed by atoms with Crippen molar-refractivity contribution in [2.45, 2.75) is 6.54 Å². The Hall–Kier alpha value is -1.92. The summed E-state index contributed by atoms with van der Waals surface area (Å²) in [6, 6.07) is 11.2. The fraction of sp³-hybridized carbons (Fsp3) is 0.133. The molecule has 0 spiro atoms. The topological polar surface area (TPSA) is 54.6 Å². The zero-order valence-corrected chi connectivity index (χ0v) is 14.2. The average Bonchev–Trinajstić information content (AvgIpc) is 2.48. The molecule has 0 aliphatic carbocycles. The van der Waals surface area contributed by atoms with Crippen LogP contribution in [0.5, 0.6) is 5.75 Å². The Balaban J connectivity index is 0.00000242. The van der Waals surface area contributed by atoms with Gasteiger partial charge in [-0.25, -0.2) is 5.43 Å². The zero-order valence-electron chi connectivity index (χ0n) is 11.9. The van der Waals surface area contributed by atoms with Gasteiger partial charge in [-0.1, -0.05) is 22.0 Å². The number of halogens is 2. The summed E-state index contributed by atoms with van der Waals surface area (Å²) in [4.78, 5) is 11.7. The van der Waals surface area contributed by atoms with Crippen molar-refractivity contribution in [3.63, 3.8) is 0 Å². The summed E-state index contributed by atoms with van der Waals surface area (Å²) < 4.78 is 7.91. The number of amides is 1. The van der Waals surface area contributed by atoms with E-state index in [-0.39, 0.29) is 24.9 Å². The molecule has 0 saturated carbocycles. The lowest BCUT2D eigenvalue weighted by Crippen LogP contribution is -3.00. The highest BCUT2D eigenvalue weighted by Gasteiger charge is 2.07. The number of methoxy groups -OCH3 is 1. The van der Waals surface area contributed by atoms with E-state index in [4.69, 9.17) is 4.74 Å². The minimum absolute atomic E-state index is 0. The van der Waals surface area contributed by atoms with Gasteiger partial charge >= 0.3 is 5.91 Å². The van der Waals surface area contributed by atoms with Crippen LogP contribution in [0, 0.1) is 0 Å². The van der Waals surface area contributed by atoms with Crippen molar-refractivity contribution in [3.8, 4) is 5.75 Å². The van der Waals surface area contributed by atoms with Gasteiger partial charge in [0.15, 0.2) is 12.4 Å². The van der Waals surface area contributed by atoms with Gasteiger partial charge in [0.05, 0.1) is 13.3 Å². The molecule has 2 rings (SSSR count). The second kappa shape index (κ2) is 9.17. The highest BCUT2D eigenvalue weighted by molar-refractivity contribution is 9.10. The summed E-state index contributed by atoms with van der Waals surface area (Å²) in [6.45, 7) is 0.216. The number of hydrogen-bond donors (Lipinski definition) is 1. The first-order valence-corrected chi connectivity index (χ1v) is 7.08.